The number of carbonyl (C=O) groups is 1. The van der Waals surface area contributed by atoms with Crippen molar-refractivity contribution in [3.63, 3.8) is 0 Å². The molecule has 33 heavy (non-hydrogen) atoms. The van der Waals surface area contributed by atoms with Crippen LogP contribution in [0.15, 0.2) is 24.3 Å². The van der Waals surface area contributed by atoms with Gasteiger partial charge in [-0.1, -0.05) is 0 Å². The van der Waals surface area contributed by atoms with Crippen LogP contribution >= 0.6 is 0 Å². The number of aromatic nitrogens is 3. The number of nitrogen functional groups attached to an aromatic ring is 1. The van der Waals surface area contributed by atoms with E-state index in [1.807, 2.05) is 0 Å². The minimum Gasteiger partial charge on any atom is -0.399 e. The Labute approximate surface area is 189 Å². The number of fused-ring (bicyclic) bond motifs is 1. The zero-order valence-corrected chi connectivity index (χ0v) is 19.2. The van der Waals surface area contributed by atoms with E-state index >= 15 is 0 Å². The van der Waals surface area contributed by atoms with Crippen LogP contribution in [0.5, 0.6) is 0 Å². The molecular weight excluding hydrogens is 435 g/mol. The summed E-state index contributed by atoms with van der Waals surface area (Å²) in [6.07, 6.45) is -4.52. The van der Waals surface area contributed by atoms with E-state index in [9.17, 15) is 18.0 Å². The highest BCUT2D eigenvalue weighted by molar-refractivity contribution is 6.03. The van der Waals surface area contributed by atoms with E-state index in [0.29, 0.717) is 39.6 Å². The molecule has 3 N–H and O–H groups in total. The Morgan fingerprint density at radius 1 is 1.06 bits per heavy atom. The molecule has 11 heteroatoms. The van der Waals surface area contributed by atoms with Gasteiger partial charge >= 0.3 is 6.18 Å². The fourth-order valence-electron chi connectivity index (χ4n) is 3.38. The van der Waals surface area contributed by atoms with Crippen molar-refractivity contribution in [1.82, 2.24) is 19.9 Å². The van der Waals surface area contributed by atoms with E-state index in [1.165, 1.54) is 11.0 Å². The average Bonchev–Trinajstić information content (AvgIpc) is 2.70. The number of benzene rings is 1. The number of nitrogens with zero attached hydrogens (tertiary/aromatic N) is 5. The number of alkyl halides is 3. The van der Waals surface area contributed by atoms with Crippen LogP contribution in [0.2, 0.25) is 0 Å². The summed E-state index contributed by atoms with van der Waals surface area (Å²) in [5.41, 5.74) is 5.95. The maximum absolute atomic E-state index is 13.2. The minimum atomic E-state index is -4.52. The molecule has 176 valence electrons. The normalized spacial score (nSPS) is 12.5. The van der Waals surface area contributed by atoms with Crippen molar-refractivity contribution in [1.29, 1.82) is 0 Å². The van der Waals surface area contributed by atoms with E-state index < -0.39 is 17.8 Å². The molecule has 1 amide bonds. The molecule has 0 aliphatic heterocycles. The molecule has 1 atom stereocenters. The van der Waals surface area contributed by atoms with Gasteiger partial charge in [-0.25, -0.2) is 15.0 Å². The highest BCUT2D eigenvalue weighted by Crippen LogP contribution is 2.34. The van der Waals surface area contributed by atoms with Gasteiger partial charge in [0.15, 0.2) is 5.65 Å². The molecule has 0 aliphatic carbocycles. The number of nitrogens with one attached hydrogen (secondary N) is 1. The number of pyridine rings is 1. The first-order valence-corrected chi connectivity index (χ1v) is 10.1. The topological polar surface area (TPSA) is 100 Å². The predicted octanol–water partition coefficient (Wildman–Crippen LogP) is 3.88. The van der Waals surface area contributed by atoms with Crippen LogP contribution in [0.25, 0.3) is 11.0 Å². The summed E-state index contributed by atoms with van der Waals surface area (Å²) < 4.78 is 39.7. The fraction of sp³-hybridized carbons (Fsp3) is 0.364. The fourth-order valence-corrected chi connectivity index (χ4v) is 3.38. The third kappa shape index (κ3) is 5.07. The summed E-state index contributed by atoms with van der Waals surface area (Å²) in [5.74, 6) is 0.971. The van der Waals surface area contributed by atoms with Gasteiger partial charge in [-0.05, 0) is 43.7 Å². The highest BCUT2D eigenvalue weighted by atomic mass is 19.4. The van der Waals surface area contributed by atoms with Crippen molar-refractivity contribution >= 4 is 34.3 Å². The van der Waals surface area contributed by atoms with Crippen molar-refractivity contribution < 1.29 is 18.0 Å². The molecule has 0 fully saturated rings. The summed E-state index contributed by atoms with van der Waals surface area (Å²) in [7, 11) is 6.82. The largest absolute Gasteiger partial charge is 0.416 e. The van der Waals surface area contributed by atoms with Crippen LogP contribution in [-0.2, 0) is 6.18 Å². The van der Waals surface area contributed by atoms with Crippen LogP contribution < -0.4 is 16.0 Å². The van der Waals surface area contributed by atoms with E-state index in [4.69, 9.17) is 5.73 Å². The zero-order valence-electron chi connectivity index (χ0n) is 19.2. The Hall–Kier alpha value is -3.63. The molecule has 0 aliphatic rings. The molecule has 0 spiro atoms. The Balaban J connectivity index is 2.12. The second kappa shape index (κ2) is 8.72. The van der Waals surface area contributed by atoms with Crippen molar-refractivity contribution in [2.75, 3.05) is 44.1 Å². The van der Waals surface area contributed by atoms with E-state index in [0.717, 1.165) is 12.1 Å². The first-order valence-electron chi connectivity index (χ1n) is 10.1. The van der Waals surface area contributed by atoms with Crippen molar-refractivity contribution in [2.45, 2.75) is 26.1 Å². The van der Waals surface area contributed by atoms with Gasteiger partial charge in [0.05, 0.1) is 22.6 Å². The molecule has 3 aromatic rings. The molecule has 0 bridgehead atoms. The Kier molecular flexibility index (Phi) is 6.35. The quantitative estimate of drug-likeness (QED) is 0.556. The number of rotatable bonds is 5. The molecule has 3 rings (SSSR count). The molecular formula is C22H26F3N7O. The molecule has 0 unspecified atom stereocenters. The molecule has 0 radical (unpaired) electrons. The van der Waals surface area contributed by atoms with Crippen LogP contribution in [0.3, 0.4) is 0 Å². The second-order valence-electron chi connectivity index (χ2n) is 8.20. The van der Waals surface area contributed by atoms with Crippen molar-refractivity contribution in [2.24, 2.45) is 0 Å². The number of carbonyl (C=O) groups excluding carboxylic acids is 1. The van der Waals surface area contributed by atoms with Crippen LogP contribution in [0.1, 0.15) is 40.3 Å². The van der Waals surface area contributed by atoms with E-state index in [-0.39, 0.29) is 11.6 Å². The van der Waals surface area contributed by atoms with Crippen LogP contribution in [0, 0.1) is 6.92 Å². The van der Waals surface area contributed by atoms with E-state index in [2.05, 4.69) is 20.3 Å². The molecule has 1 aromatic carbocycles. The van der Waals surface area contributed by atoms with Gasteiger partial charge in [0.1, 0.15) is 17.5 Å². The summed E-state index contributed by atoms with van der Waals surface area (Å²) in [6.45, 7) is 3.39. The monoisotopic (exact) mass is 461 g/mol. The number of amides is 1. The number of aryl methyl sites for hydroxylation is 1. The van der Waals surface area contributed by atoms with Crippen molar-refractivity contribution in [3.8, 4) is 0 Å². The lowest BCUT2D eigenvalue weighted by molar-refractivity contribution is -0.137. The molecule has 0 saturated carbocycles. The molecule has 2 heterocycles. The van der Waals surface area contributed by atoms with E-state index in [1.54, 1.807) is 53.0 Å². The number of halogens is 3. The first-order chi connectivity index (χ1) is 15.3. The van der Waals surface area contributed by atoms with Gasteiger partial charge in [-0.15, -0.1) is 0 Å². The first kappa shape index (κ1) is 24.0. The van der Waals surface area contributed by atoms with Gasteiger partial charge in [0, 0.05) is 33.9 Å². The lowest BCUT2D eigenvalue weighted by Crippen LogP contribution is -2.25. The smallest absolute Gasteiger partial charge is 0.399 e. The Morgan fingerprint density at radius 3 is 2.30 bits per heavy atom. The predicted molar refractivity (Wildman–Crippen MR) is 122 cm³/mol. The summed E-state index contributed by atoms with van der Waals surface area (Å²) in [4.78, 5) is 29.3. The maximum Gasteiger partial charge on any atom is 0.416 e. The molecule has 0 saturated heterocycles. The summed E-state index contributed by atoms with van der Waals surface area (Å²) in [5, 5.41) is 3.61. The lowest BCUT2D eigenvalue weighted by Gasteiger charge is -2.21. The zero-order chi connectivity index (χ0) is 24.7. The van der Waals surface area contributed by atoms with Crippen LogP contribution in [-0.4, -0.2) is 53.9 Å². The standard InChI is InChI=1S/C22H26F3N7O/c1-11(13-7-14(22(23,24)25)9-15(26)8-13)27-18-16-10-17(21(33)32(5)6)20(31(3)4)30-19(16)29-12(2)28-18/h7-11H,26H2,1-6H3,(H,27,28,29,30)/t11-/m1/s1. The van der Waals surface area contributed by atoms with Gasteiger partial charge in [-0.2, -0.15) is 13.2 Å². The number of nitrogens with two attached hydrogens (primary N) is 1. The summed E-state index contributed by atoms with van der Waals surface area (Å²) >= 11 is 0. The third-order valence-electron chi connectivity index (χ3n) is 5.00. The Bertz CT molecular complexity index is 1210. The van der Waals surface area contributed by atoms with Crippen molar-refractivity contribution in [3.05, 3.63) is 46.8 Å². The number of hydrogen-bond donors (Lipinski definition) is 2. The second-order valence-corrected chi connectivity index (χ2v) is 8.20. The van der Waals surface area contributed by atoms with Crippen LogP contribution in [0.4, 0.5) is 30.5 Å². The number of hydrogen-bond acceptors (Lipinski definition) is 7. The third-order valence-corrected chi connectivity index (χ3v) is 5.00. The SMILES string of the molecule is Cc1nc(N[C@H](C)c2cc(N)cc(C(F)(F)F)c2)c2cc(C(=O)N(C)C)c(N(C)C)nc2n1. The van der Waals surface area contributed by atoms with Gasteiger partial charge in [0.2, 0.25) is 0 Å². The van der Waals surface area contributed by atoms with Gasteiger partial charge in [-0.3, -0.25) is 4.79 Å². The maximum atomic E-state index is 13.2. The van der Waals surface area contributed by atoms with Gasteiger partial charge in [0.25, 0.3) is 5.91 Å². The Morgan fingerprint density at radius 2 is 1.73 bits per heavy atom. The minimum absolute atomic E-state index is 0.00774. The molecule has 8 nitrogen and oxygen atoms in total. The average molecular weight is 461 g/mol. The number of anilines is 3. The summed E-state index contributed by atoms with van der Waals surface area (Å²) in [6, 6.07) is 4.50. The lowest BCUT2D eigenvalue weighted by atomic mass is 10.0. The molecule has 2 aromatic heterocycles. The van der Waals surface area contributed by atoms with Gasteiger partial charge < -0.3 is 20.9 Å². The highest BCUT2D eigenvalue weighted by Gasteiger charge is 2.31.